The van der Waals surface area contributed by atoms with E-state index in [0.29, 0.717) is 6.73 Å². The molecule has 0 bridgehead atoms. The van der Waals surface area contributed by atoms with Gasteiger partial charge in [-0.15, -0.1) is 0 Å². The zero-order valence-corrected chi connectivity index (χ0v) is 12.8. The molecule has 0 aliphatic carbocycles. The first kappa shape index (κ1) is 13.5. The van der Waals surface area contributed by atoms with Crippen LogP contribution in [0.3, 0.4) is 0 Å². The summed E-state index contributed by atoms with van der Waals surface area (Å²) in [4.78, 5) is 0. The van der Waals surface area contributed by atoms with Gasteiger partial charge < -0.3 is 14.9 Å². The number of nitrogens with zero attached hydrogens (tertiary/aromatic N) is 1. The molecule has 4 rings (SSSR count). The standard InChI is InChI=1S/C17H15ClN2O2/c1-21-13-5-2-11(3-6-13)15-9-16-14-8-12(18)4-7-17(14)22-10-20(16)19-15/h2-9,16,19H,10H2,1H3. The Labute approximate surface area is 133 Å². The predicted molar refractivity (Wildman–Crippen MR) is 85.6 cm³/mol. The average molecular weight is 315 g/mol. The largest absolute Gasteiger partial charge is 0.497 e. The fourth-order valence-electron chi connectivity index (χ4n) is 2.83. The summed E-state index contributed by atoms with van der Waals surface area (Å²) in [5, 5.41) is 2.77. The van der Waals surface area contributed by atoms with Gasteiger partial charge in [-0.25, -0.2) is 0 Å². The van der Waals surface area contributed by atoms with E-state index in [4.69, 9.17) is 21.1 Å². The zero-order valence-electron chi connectivity index (χ0n) is 12.0. The molecule has 0 amide bonds. The summed E-state index contributed by atoms with van der Waals surface area (Å²) in [7, 11) is 1.67. The van der Waals surface area contributed by atoms with E-state index in [1.807, 2.05) is 42.5 Å². The van der Waals surface area contributed by atoms with Crippen LogP contribution in [-0.2, 0) is 0 Å². The minimum atomic E-state index is 0.125. The Bertz CT molecular complexity index is 743. The van der Waals surface area contributed by atoms with Crippen molar-refractivity contribution in [1.29, 1.82) is 0 Å². The van der Waals surface area contributed by atoms with Crippen molar-refractivity contribution < 1.29 is 9.47 Å². The first-order valence-electron chi connectivity index (χ1n) is 7.06. The second-order valence-corrected chi connectivity index (χ2v) is 5.73. The van der Waals surface area contributed by atoms with Crippen LogP contribution in [0.5, 0.6) is 11.5 Å². The second-order valence-electron chi connectivity index (χ2n) is 5.29. The van der Waals surface area contributed by atoms with Crippen molar-refractivity contribution in [3.63, 3.8) is 0 Å². The molecule has 4 nitrogen and oxygen atoms in total. The fourth-order valence-corrected chi connectivity index (χ4v) is 3.01. The lowest BCUT2D eigenvalue weighted by atomic mass is 10.0. The number of hydrazine groups is 1. The number of methoxy groups -OCH3 is 1. The zero-order chi connectivity index (χ0) is 15.1. The van der Waals surface area contributed by atoms with Gasteiger partial charge >= 0.3 is 0 Å². The maximum atomic E-state index is 6.12. The lowest BCUT2D eigenvalue weighted by Crippen LogP contribution is -2.40. The van der Waals surface area contributed by atoms with Crippen LogP contribution in [0.2, 0.25) is 5.02 Å². The van der Waals surface area contributed by atoms with E-state index in [1.165, 1.54) is 0 Å². The highest BCUT2D eigenvalue weighted by Crippen LogP contribution is 2.40. The Morgan fingerprint density at radius 1 is 1.23 bits per heavy atom. The molecule has 0 saturated heterocycles. The maximum absolute atomic E-state index is 6.12. The van der Waals surface area contributed by atoms with Gasteiger partial charge in [-0.1, -0.05) is 11.6 Å². The van der Waals surface area contributed by atoms with Crippen molar-refractivity contribution in [2.45, 2.75) is 6.04 Å². The Morgan fingerprint density at radius 3 is 2.82 bits per heavy atom. The van der Waals surface area contributed by atoms with Gasteiger partial charge in [-0.3, -0.25) is 0 Å². The van der Waals surface area contributed by atoms with Crippen LogP contribution >= 0.6 is 11.6 Å². The Morgan fingerprint density at radius 2 is 2.05 bits per heavy atom. The summed E-state index contributed by atoms with van der Waals surface area (Å²) in [6, 6.07) is 13.8. The minimum Gasteiger partial charge on any atom is -0.497 e. The van der Waals surface area contributed by atoms with Crippen molar-refractivity contribution in [1.82, 2.24) is 10.4 Å². The number of benzene rings is 2. The van der Waals surface area contributed by atoms with E-state index in [9.17, 15) is 0 Å². The Balaban J connectivity index is 1.69. The molecule has 0 radical (unpaired) electrons. The average Bonchev–Trinajstić information content (AvgIpc) is 2.99. The lowest BCUT2D eigenvalue weighted by Gasteiger charge is -2.31. The molecule has 2 aliphatic heterocycles. The van der Waals surface area contributed by atoms with Crippen LogP contribution in [0.15, 0.2) is 48.5 Å². The molecule has 1 atom stereocenters. The van der Waals surface area contributed by atoms with Crippen molar-refractivity contribution in [3.05, 3.63) is 64.7 Å². The van der Waals surface area contributed by atoms with Gasteiger partial charge in [0, 0.05) is 10.6 Å². The molecule has 0 spiro atoms. The number of nitrogens with one attached hydrogen (secondary N) is 1. The molecule has 2 aliphatic rings. The van der Waals surface area contributed by atoms with E-state index < -0.39 is 0 Å². The van der Waals surface area contributed by atoms with Crippen molar-refractivity contribution >= 4 is 17.3 Å². The van der Waals surface area contributed by atoms with E-state index in [1.54, 1.807) is 7.11 Å². The van der Waals surface area contributed by atoms with Crippen molar-refractivity contribution in [2.24, 2.45) is 0 Å². The molecule has 5 heteroatoms. The third-order valence-electron chi connectivity index (χ3n) is 3.98. The normalized spacial score (nSPS) is 19.5. The van der Waals surface area contributed by atoms with E-state index >= 15 is 0 Å². The summed E-state index contributed by atoms with van der Waals surface area (Å²) >= 11 is 6.12. The smallest absolute Gasteiger partial charge is 0.159 e. The fraction of sp³-hybridized carbons (Fsp3) is 0.176. The van der Waals surface area contributed by atoms with Crippen LogP contribution in [-0.4, -0.2) is 18.8 Å². The van der Waals surface area contributed by atoms with Crippen LogP contribution in [0, 0.1) is 0 Å². The number of fused-ring (bicyclic) bond motifs is 3. The number of hydrogen-bond acceptors (Lipinski definition) is 4. The van der Waals surface area contributed by atoms with Crippen LogP contribution in [0.4, 0.5) is 0 Å². The highest BCUT2D eigenvalue weighted by molar-refractivity contribution is 6.30. The van der Waals surface area contributed by atoms with E-state index in [0.717, 1.165) is 33.3 Å². The van der Waals surface area contributed by atoms with Crippen LogP contribution < -0.4 is 14.9 Å². The molecule has 1 unspecified atom stereocenters. The quantitative estimate of drug-likeness (QED) is 0.918. The predicted octanol–water partition coefficient (Wildman–Crippen LogP) is 3.60. The molecule has 2 aromatic carbocycles. The van der Waals surface area contributed by atoms with E-state index in [2.05, 4.69) is 16.5 Å². The summed E-state index contributed by atoms with van der Waals surface area (Å²) in [5.74, 6) is 1.74. The minimum absolute atomic E-state index is 0.125. The van der Waals surface area contributed by atoms with Crippen molar-refractivity contribution in [3.8, 4) is 11.5 Å². The molecular formula is C17H15ClN2O2. The molecule has 0 saturated carbocycles. The van der Waals surface area contributed by atoms with Crippen LogP contribution in [0.25, 0.3) is 5.70 Å². The first-order valence-corrected chi connectivity index (χ1v) is 7.44. The molecule has 0 fully saturated rings. The SMILES string of the molecule is COc1ccc(C2=CC3c4cc(Cl)ccc4OCN3N2)cc1. The monoisotopic (exact) mass is 314 g/mol. The second kappa shape index (κ2) is 5.23. The number of ether oxygens (including phenoxy) is 2. The third-order valence-corrected chi connectivity index (χ3v) is 4.21. The van der Waals surface area contributed by atoms with Gasteiger partial charge in [-0.05, 0) is 54.1 Å². The molecule has 2 heterocycles. The molecule has 1 N–H and O–H groups in total. The Hall–Kier alpha value is -2.17. The molecule has 2 aromatic rings. The van der Waals surface area contributed by atoms with Gasteiger partial charge in [0.05, 0.1) is 18.8 Å². The highest BCUT2D eigenvalue weighted by Gasteiger charge is 2.32. The summed E-state index contributed by atoms with van der Waals surface area (Å²) < 4.78 is 11.0. The van der Waals surface area contributed by atoms with E-state index in [-0.39, 0.29) is 6.04 Å². The molecular weight excluding hydrogens is 300 g/mol. The molecule has 0 aromatic heterocycles. The summed E-state index contributed by atoms with van der Waals surface area (Å²) in [5.41, 5.74) is 6.64. The summed E-state index contributed by atoms with van der Waals surface area (Å²) in [6.07, 6.45) is 2.19. The lowest BCUT2D eigenvalue weighted by molar-refractivity contribution is 0.0595. The number of halogens is 1. The van der Waals surface area contributed by atoms with Gasteiger partial charge in [0.25, 0.3) is 0 Å². The van der Waals surface area contributed by atoms with Gasteiger partial charge in [0.1, 0.15) is 11.5 Å². The van der Waals surface area contributed by atoms with Crippen molar-refractivity contribution in [2.75, 3.05) is 13.8 Å². The topological polar surface area (TPSA) is 33.7 Å². The molecule has 22 heavy (non-hydrogen) atoms. The first-order chi connectivity index (χ1) is 10.7. The van der Waals surface area contributed by atoms with Gasteiger partial charge in [-0.2, -0.15) is 5.01 Å². The molecule has 112 valence electrons. The van der Waals surface area contributed by atoms with Crippen LogP contribution in [0.1, 0.15) is 17.2 Å². The number of rotatable bonds is 2. The van der Waals surface area contributed by atoms with Gasteiger partial charge in [0.15, 0.2) is 6.73 Å². The maximum Gasteiger partial charge on any atom is 0.159 e. The summed E-state index contributed by atoms with van der Waals surface area (Å²) in [6.45, 7) is 0.495. The Kier molecular flexibility index (Phi) is 3.21. The highest BCUT2D eigenvalue weighted by atomic mass is 35.5. The van der Waals surface area contributed by atoms with Gasteiger partial charge in [0.2, 0.25) is 0 Å². The number of hydrogen-bond donors (Lipinski definition) is 1. The third kappa shape index (κ3) is 2.21.